The second-order valence-corrected chi connectivity index (χ2v) is 10.2. The molecule has 1 saturated carbocycles. The second-order valence-electron chi connectivity index (χ2n) is 10.2. The van der Waals surface area contributed by atoms with Crippen LogP contribution < -0.4 is 21.3 Å². The van der Waals surface area contributed by atoms with Gasteiger partial charge in [-0.25, -0.2) is 4.79 Å². The summed E-state index contributed by atoms with van der Waals surface area (Å²) in [5, 5.41) is 11.5. The summed E-state index contributed by atoms with van der Waals surface area (Å²) in [5.74, 6) is -2.23. The van der Waals surface area contributed by atoms with Crippen molar-refractivity contribution in [1.82, 2.24) is 31.2 Å². The summed E-state index contributed by atoms with van der Waals surface area (Å²) < 4.78 is 0. The minimum Gasteiger partial charge on any atom is -0.351 e. The highest BCUT2D eigenvalue weighted by atomic mass is 16.2. The maximum atomic E-state index is 13.3. The number of aromatic amines is 1. The summed E-state index contributed by atoms with van der Waals surface area (Å²) >= 11 is 0. The molecule has 1 aliphatic heterocycles. The van der Waals surface area contributed by atoms with Gasteiger partial charge in [0.15, 0.2) is 0 Å². The Balaban J connectivity index is 1.47. The van der Waals surface area contributed by atoms with Gasteiger partial charge in [0.05, 0.1) is 6.54 Å². The topological polar surface area (TPSA) is 152 Å². The normalized spacial score (nSPS) is 16.8. The van der Waals surface area contributed by atoms with Gasteiger partial charge in [-0.2, -0.15) is 0 Å². The number of fused-ring (bicyclic) bond motifs is 1. The molecule has 5 N–H and O–H groups in total. The third-order valence-corrected chi connectivity index (χ3v) is 6.56. The van der Waals surface area contributed by atoms with Gasteiger partial charge in [0.25, 0.3) is 11.8 Å². The number of para-hydroxylation sites is 1. The fraction of sp³-hybridized carbons (Fsp3) is 0.500. The molecule has 2 atom stereocenters. The van der Waals surface area contributed by atoms with Crippen LogP contribution in [-0.2, 0) is 14.4 Å². The van der Waals surface area contributed by atoms with Crippen molar-refractivity contribution in [3.63, 3.8) is 0 Å². The lowest BCUT2D eigenvalue weighted by atomic mass is 10.0. The predicted molar refractivity (Wildman–Crippen MR) is 137 cm³/mol. The van der Waals surface area contributed by atoms with Crippen LogP contribution in [0.1, 0.15) is 43.6 Å². The number of hydrogen-bond donors (Lipinski definition) is 5. The van der Waals surface area contributed by atoms with E-state index in [0.29, 0.717) is 37.7 Å². The van der Waals surface area contributed by atoms with E-state index in [4.69, 9.17) is 0 Å². The molecule has 2 heterocycles. The molecule has 4 rings (SSSR count). The quantitative estimate of drug-likeness (QED) is 0.269. The molecule has 0 unspecified atom stereocenters. The average molecular weight is 511 g/mol. The van der Waals surface area contributed by atoms with Crippen molar-refractivity contribution in [3.05, 3.63) is 36.0 Å². The van der Waals surface area contributed by atoms with Gasteiger partial charge in [-0.15, -0.1) is 0 Å². The monoisotopic (exact) mass is 510 g/mol. The van der Waals surface area contributed by atoms with E-state index in [2.05, 4.69) is 26.3 Å². The molecular weight excluding hydrogens is 476 g/mol. The number of nitrogens with zero attached hydrogens (tertiary/aromatic N) is 1. The first-order chi connectivity index (χ1) is 17.7. The van der Waals surface area contributed by atoms with E-state index in [1.54, 1.807) is 6.07 Å². The van der Waals surface area contributed by atoms with Gasteiger partial charge in [-0.3, -0.25) is 19.2 Å². The first-order valence-corrected chi connectivity index (χ1v) is 12.7. The van der Waals surface area contributed by atoms with E-state index in [1.807, 2.05) is 38.1 Å². The number of rotatable bonds is 12. The van der Waals surface area contributed by atoms with Crippen LogP contribution in [0.5, 0.6) is 0 Å². The summed E-state index contributed by atoms with van der Waals surface area (Å²) in [6.07, 6.45) is 2.34. The molecule has 2 aromatic rings. The smallest absolute Gasteiger partial charge is 0.317 e. The second kappa shape index (κ2) is 11.4. The van der Waals surface area contributed by atoms with E-state index < -0.39 is 35.6 Å². The number of carbonyl (C=O) groups excluding carboxylic acids is 5. The molecule has 1 saturated heterocycles. The number of aromatic nitrogens is 1. The minimum absolute atomic E-state index is 0.0547. The molecule has 0 spiro atoms. The van der Waals surface area contributed by atoms with Crippen molar-refractivity contribution in [1.29, 1.82) is 0 Å². The SMILES string of the molecule is CC(C)C[C@H](NC(=O)c1cc2ccccc2[nH]1)C(=O)N[C@@H](CN1CCNC1=O)C(=O)C(=O)NCC1CC1. The van der Waals surface area contributed by atoms with Crippen LogP contribution in [0, 0.1) is 11.8 Å². The van der Waals surface area contributed by atoms with Gasteiger partial charge >= 0.3 is 6.03 Å². The van der Waals surface area contributed by atoms with E-state index in [-0.39, 0.29) is 18.5 Å². The molecule has 11 heteroatoms. The van der Waals surface area contributed by atoms with E-state index in [1.165, 1.54) is 4.90 Å². The van der Waals surface area contributed by atoms with Gasteiger partial charge in [0.2, 0.25) is 11.7 Å². The van der Waals surface area contributed by atoms with E-state index in [0.717, 1.165) is 23.7 Å². The Morgan fingerprint density at radius 2 is 1.84 bits per heavy atom. The predicted octanol–water partition coefficient (Wildman–Crippen LogP) is 0.918. The number of carbonyl (C=O) groups is 5. The van der Waals surface area contributed by atoms with Crippen molar-refractivity contribution < 1.29 is 24.0 Å². The highest BCUT2D eigenvalue weighted by Gasteiger charge is 2.35. The molecule has 1 aromatic carbocycles. The number of Topliss-reactive ketones (excluding diaryl/α,β-unsaturated/α-hetero) is 1. The van der Waals surface area contributed by atoms with Crippen LogP contribution in [0.2, 0.25) is 0 Å². The molecule has 5 amide bonds. The number of urea groups is 1. The summed E-state index contributed by atoms with van der Waals surface area (Å²) in [6.45, 7) is 4.87. The maximum absolute atomic E-state index is 13.3. The fourth-order valence-corrected chi connectivity index (χ4v) is 4.31. The number of nitrogens with one attached hydrogen (secondary N) is 5. The zero-order valence-corrected chi connectivity index (χ0v) is 21.1. The zero-order valence-electron chi connectivity index (χ0n) is 21.1. The fourth-order valence-electron chi connectivity index (χ4n) is 4.31. The Labute approximate surface area is 215 Å². The summed E-state index contributed by atoms with van der Waals surface area (Å²) in [6, 6.07) is 6.60. The number of benzene rings is 1. The number of amides is 5. The minimum atomic E-state index is -1.24. The molecule has 2 fully saturated rings. The molecule has 2 aliphatic rings. The van der Waals surface area contributed by atoms with Gasteiger partial charge in [0, 0.05) is 30.5 Å². The largest absolute Gasteiger partial charge is 0.351 e. The Hall–Kier alpha value is -3.89. The highest BCUT2D eigenvalue weighted by Crippen LogP contribution is 2.27. The first-order valence-electron chi connectivity index (χ1n) is 12.7. The van der Waals surface area contributed by atoms with Crippen LogP contribution in [-0.4, -0.2) is 77.7 Å². The lowest BCUT2D eigenvalue weighted by molar-refractivity contribution is -0.140. The van der Waals surface area contributed by atoms with Gasteiger partial charge < -0.3 is 31.2 Å². The van der Waals surface area contributed by atoms with Gasteiger partial charge in [0.1, 0.15) is 17.8 Å². The van der Waals surface area contributed by atoms with Crippen molar-refractivity contribution in [2.75, 3.05) is 26.2 Å². The van der Waals surface area contributed by atoms with Crippen LogP contribution in [0.15, 0.2) is 30.3 Å². The number of ketones is 1. The van der Waals surface area contributed by atoms with Crippen molar-refractivity contribution in [3.8, 4) is 0 Å². The Morgan fingerprint density at radius 3 is 2.49 bits per heavy atom. The third-order valence-electron chi connectivity index (χ3n) is 6.56. The Bertz CT molecular complexity index is 1150. The Morgan fingerprint density at radius 1 is 1.08 bits per heavy atom. The molecule has 1 aliphatic carbocycles. The molecule has 0 radical (unpaired) electrons. The molecular formula is C26H34N6O5. The molecule has 198 valence electrons. The summed E-state index contributed by atoms with van der Waals surface area (Å²) in [5.41, 5.74) is 1.10. The van der Waals surface area contributed by atoms with Crippen LogP contribution in [0.4, 0.5) is 4.79 Å². The molecule has 0 bridgehead atoms. The van der Waals surface area contributed by atoms with Crippen molar-refractivity contribution in [2.24, 2.45) is 11.8 Å². The lowest BCUT2D eigenvalue weighted by Gasteiger charge is -2.26. The van der Waals surface area contributed by atoms with E-state index in [9.17, 15) is 24.0 Å². The van der Waals surface area contributed by atoms with Crippen molar-refractivity contribution in [2.45, 2.75) is 45.2 Å². The lowest BCUT2D eigenvalue weighted by Crippen LogP contribution is -2.57. The zero-order chi connectivity index (χ0) is 26.5. The molecule has 1 aromatic heterocycles. The van der Waals surface area contributed by atoms with Crippen LogP contribution in [0.25, 0.3) is 10.9 Å². The highest BCUT2D eigenvalue weighted by molar-refractivity contribution is 6.38. The van der Waals surface area contributed by atoms with Crippen molar-refractivity contribution >= 4 is 40.4 Å². The Kier molecular flexibility index (Phi) is 8.10. The third kappa shape index (κ3) is 6.87. The number of H-pyrrole nitrogens is 1. The first kappa shape index (κ1) is 26.2. The van der Waals surface area contributed by atoms with Gasteiger partial charge in [-0.1, -0.05) is 32.0 Å². The van der Waals surface area contributed by atoms with Crippen LogP contribution in [0.3, 0.4) is 0 Å². The summed E-state index contributed by atoms with van der Waals surface area (Å²) in [4.78, 5) is 68.4. The summed E-state index contributed by atoms with van der Waals surface area (Å²) in [7, 11) is 0. The average Bonchev–Trinajstić information content (AvgIpc) is 3.45. The van der Waals surface area contributed by atoms with Gasteiger partial charge in [-0.05, 0) is 43.2 Å². The maximum Gasteiger partial charge on any atom is 0.317 e. The van der Waals surface area contributed by atoms with Crippen LogP contribution >= 0.6 is 0 Å². The number of hydrogen-bond acceptors (Lipinski definition) is 5. The van der Waals surface area contributed by atoms with E-state index >= 15 is 0 Å². The molecule has 37 heavy (non-hydrogen) atoms. The molecule has 11 nitrogen and oxygen atoms in total. The standard InChI is InChI=1S/C26H34N6O5/c1-15(2)11-19(30-24(35)20-12-17-5-3-4-6-18(17)29-20)23(34)31-21(14-32-10-9-27-26(32)37)22(33)25(36)28-13-16-7-8-16/h3-6,12,15-16,19,21,29H,7-11,13-14H2,1-2H3,(H,27,37)(H,28,36)(H,30,35)(H,31,34)/t19-,21-/m0/s1.